The van der Waals surface area contributed by atoms with E-state index in [1.165, 1.54) is 5.56 Å². The van der Waals surface area contributed by atoms with Crippen molar-refractivity contribution in [3.05, 3.63) is 59.0 Å². The molecule has 0 bridgehead atoms. The second-order valence-electron chi connectivity index (χ2n) is 6.73. The summed E-state index contributed by atoms with van der Waals surface area (Å²) < 4.78 is 5.44. The Labute approximate surface area is 148 Å². The molecule has 0 fully saturated rings. The van der Waals surface area contributed by atoms with Crippen LogP contribution in [-0.4, -0.2) is 36.7 Å². The van der Waals surface area contributed by atoms with Gasteiger partial charge < -0.3 is 25.1 Å². The second-order valence-corrected chi connectivity index (χ2v) is 6.73. The molecule has 136 valence electrons. The zero-order valence-corrected chi connectivity index (χ0v) is 15.3. The molecule has 2 aromatic rings. The maximum atomic E-state index is 12.1. The molecular formula is C19H27N3O3. The summed E-state index contributed by atoms with van der Waals surface area (Å²) in [4.78, 5) is 14.1. The lowest BCUT2D eigenvalue weighted by Crippen LogP contribution is -2.43. The van der Waals surface area contributed by atoms with Gasteiger partial charge >= 0.3 is 6.03 Å². The Morgan fingerprint density at radius 1 is 1.16 bits per heavy atom. The van der Waals surface area contributed by atoms with E-state index in [9.17, 15) is 9.90 Å². The van der Waals surface area contributed by atoms with Crippen molar-refractivity contribution in [3.63, 3.8) is 0 Å². The average Bonchev–Trinajstić information content (AvgIpc) is 2.99. The average molecular weight is 345 g/mol. The fourth-order valence-electron chi connectivity index (χ4n) is 2.53. The third kappa shape index (κ3) is 5.62. The van der Waals surface area contributed by atoms with Crippen LogP contribution in [0.1, 0.15) is 29.6 Å². The minimum absolute atomic E-state index is 0.0606. The van der Waals surface area contributed by atoms with Crippen LogP contribution in [0.15, 0.2) is 40.8 Å². The Bertz CT molecular complexity index is 707. The number of urea groups is 1. The van der Waals surface area contributed by atoms with Crippen molar-refractivity contribution in [1.82, 2.24) is 15.5 Å². The number of carbonyl (C=O) groups is 1. The number of benzene rings is 1. The molecule has 1 heterocycles. The first kappa shape index (κ1) is 19.0. The summed E-state index contributed by atoms with van der Waals surface area (Å²) in [7, 11) is 4.02. The molecular weight excluding hydrogens is 318 g/mol. The highest BCUT2D eigenvalue weighted by atomic mass is 16.4. The van der Waals surface area contributed by atoms with Gasteiger partial charge in [-0.1, -0.05) is 24.3 Å². The van der Waals surface area contributed by atoms with Crippen LogP contribution in [0.5, 0.6) is 0 Å². The summed E-state index contributed by atoms with van der Waals surface area (Å²) in [6, 6.07) is 11.2. The fraction of sp³-hybridized carbons (Fsp3) is 0.421. The minimum Gasteiger partial charge on any atom is -0.463 e. The smallest absolute Gasteiger partial charge is 0.315 e. The Morgan fingerprint density at radius 3 is 2.44 bits per heavy atom. The number of nitrogens with one attached hydrogen (secondary N) is 2. The van der Waals surface area contributed by atoms with Gasteiger partial charge in [0, 0.05) is 13.1 Å². The number of aryl methyl sites for hydroxylation is 1. The van der Waals surface area contributed by atoms with Gasteiger partial charge in [-0.15, -0.1) is 0 Å². The maximum absolute atomic E-state index is 12.1. The number of furan rings is 1. The van der Waals surface area contributed by atoms with Gasteiger partial charge in [0.1, 0.15) is 17.1 Å². The summed E-state index contributed by atoms with van der Waals surface area (Å²) in [6.45, 7) is 4.72. The first-order valence-corrected chi connectivity index (χ1v) is 8.30. The summed E-state index contributed by atoms with van der Waals surface area (Å²) >= 11 is 0. The molecule has 0 radical (unpaired) electrons. The van der Waals surface area contributed by atoms with E-state index in [-0.39, 0.29) is 12.6 Å². The summed E-state index contributed by atoms with van der Waals surface area (Å²) in [5, 5.41) is 16.0. The van der Waals surface area contributed by atoms with Crippen LogP contribution in [0.3, 0.4) is 0 Å². The summed E-state index contributed by atoms with van der Waals surface area (Å²) in [5.74, 6) is 1.15. The highest BCUT2D eigenvalue weighted by Crippen LogP contribution is 2.21. The van der Waals surface area contributed by atoms with Crippen LogP contribution < -0.4 is 10.6 Å². The maximum Gasteiger partial charge on any atom is 0.315 e. The van der Waals surface area contributed by atoms with Crippen molar-refractivity contribution in [2.75, 3.05) is 20.6 Å². The van der Waals surface area contributed by atoms with Crippen molar-refractivity contribution in [2.24, 2.45) is 0 Å². The number of amides is 2. The van der Waals surface area contributed by atoms with Crippen molar-refractivity contribution < 1.29 is 14.3 Å². The van der Waals surface area contributed by atoms with Gasteiger partial charge in [-0.2, -0.15) is 0 Å². The number of carbonyl (C=O) groups excluding carboxylic acids is 1. The lowest BCUT2D eigenvalue weighted by atomic mass is 10.0. The van der Waals surface area contributed by atoms with Crippen molar-refractivity contribution >= 4 is 6.03 Å². The Hall–Kier alpha value is -2.31. The molecule has 0 aliphatic heterocycles. The van der Waals surface area contributed by atoms with Gasteiger partial charge in [-0.05, 0) is 51.2 Å². The van der Waals surface area contributed by atoms with E-state index in [0.717, 1.165) is 17.9 Å². The number of aliphatic hydroxyl groups is 1. The molecule has 6 nitrogen and oxygen atoms in total. The zero-order chi connectivity index (χ0) is 18.4. The predicted octanol–water partition coefficient (Wildman–Crippen LogP) is 2.36. The third-order valence-corrected chi connectivity index (χ3v) is 3.91. The molecule has 25 heavy (non-hydrogen) atoms. The monoisotopic (exact) mass is 345 g/mol. The quantitative estimate of drug-likeness (QED) is 0.720. The Balaban J connectivity index is 1.87. The first-order valence-electron chi connectivity index (χ1n) is 8.30. The molecule has 6 heteroatoms. The third-order valence-electron chi connectivity index (χ3n) is 3.91. The topological polar surface area (TPSA) is 77.7 Å². The molecule has 0 saturated heterocycles. The van der Waals surface area contributed by atoms with Crippen LogP contribution >= 0.6 is 0 Å². The Kier molecular flexibility index (Phi) is 6.22. The molecule has 0 aliphatic carbocycles. The number of rotatable bonds is 7. The first-order chi connectivity index (χ1) is 11.8. The molecule has 2 amide bonds. The van der Waals surface area contributed by atoms with Crippen LogP contribution in [0, 0.1) is 6.92 Å². The number of hydrogen-bond acceptors (Lipinski definition) is 4. The van der Waals surface area contributed by atoms with Gasteiger partial charge in [0.2, 0.25) is 0 Å². The zero-order valence-electron chi connectivity index (χ0n) is 15.3. The summed E-state index contributed by atoms with van der Waals surface area (Å²) in [6.07, 6.45) is 0. The molecule has 2 rings (SSSR count). The van der Waals surface area contributed by atoms with Crippen LogP contribution in [0.25, 0.3) is 0 Å². The molecule has 1 aromatic carbocycles. The standard InChI is InChI=1S/C19H27N3O3/c1-14-9-10-17(25-14)19(2,24)13-21-18(23)20-11-15-7-5-6-8-16(15)12-22(3)4/h5-10,24H,11-13H2,1-4H3,(H2,20,21,23). The van der Waals surface area contributed by atoms with Crippen LogP contribution in [0.4, 0.5) is 4.79 Å². The molecule has 0 aliphatic rings. The van der Waals surface area contributed by atoms with Gasteiger partial charge in [0.15, 0.2) is 0 Å². The Morgan fingerprint density at radius 2 is 1.84 bits per heavy atom. The lowest BCUT2D eigenvalue weighted by molar-refractivity contribution is 0.0359. The van der Waals surface area contributed by atoms with Gasteiger partial charge in [0.25, 0.3) is 0 Å². The van der Waals surface area contributed by atoms with Gasteiger partial charge in [0.05, 0.1) is 6.54 Å². The minimum atomic E-state index is -1.26. The SMILES string of the molecule is Cc1ccc(C(C)(O)CNC(=O)NCc2ccccc2CN(C)C)o1. The fourth-order valence-corrected chi connectivity index (χ4v) is 2.53. The van der Waals surface area contributed by atoms with E-state index >= 15 is 0 Å². The molecule has 0 spiro atoms. The van der Waals surface area contributed by atoms with Gasteiger partial charge in [-0.3, -0.25) is 0 Å². The largest absolute Gasteiger partial charge is 0.463 e. The van der Waals surface area contributed by atoms with Gasteiger partial charge in [-0.25, -0.2) is 4.79 Å². The highest BCUT2D eigenvalue weighted by Gasteiger charge is 2.27. The number of nitrogens with zero attached hydrogens (tertiary/aromatic N) is 1. The number of hydrogen-bond donors (Lipinski definition) is 3. The van der Waals surface area contributed by atoms with E-state index in [1.54, 1.807) is 19.1 Å². The molecule has 1 unspecified atom stereocenters. The van der Waals surface area contributed by atoms with Crippen molar-refractivity contribution in [1.29, 1.82) is 0 Å². The lowest BCUT2D eigenvalue weighted by Gasteiger charge is -2.21. The molecule has 3 N–H and O–H groups in total. The van der Waals surface area contributed by atoms with Crippen LogP contribution in [-0.2, 0) is 18.7 Å². The second kappa shape index (κ2) is 8.18. The van der Waals surface area contributed by atoms with E-state index < -0.39 is 5.60 Å². The van der Waals surface area contributed by atoms with Crippen LogP contribution in [0.2, 0.25) is 0 Å². The molecule has 1 aromatic heterocycles. The van der Waals surface area contributed by atoms with E-state index in [2.05, 4.69) is 21.6 Å². The molecule has 1 atom stereocenters. The van der Waals surface area contributed by atoms with E-state index in [4.69, 9.17) is 4.42 Å². The summed E-state index contributed by atoms with van der Waals surface area (Å²) in [5.41, 5.74) is 0.986. The van der Waals surface area contributed by atoms with Crippen molar-refractivity contribution in [2.45, 2.75) is 32.5 Å². The van der Waals surface area contributed by atoms with E-state index in [0.29, 0.717) is 12.3 Å². The highest BCUT2D eigenvalue weighted by molar-refractivity contribution is 5.74. The predicted molar refractivity (Wildman–Crippen MR) is 97.1 cm³/mol. The molecule has 0 saturated carbocycles. The van der Waals surface area contributed by atoms with E-state index in [1.807, 2.05) is 39.2 Å². The normalized spacial score (nSPS) is 13.5. The van der Waals surface area contributed by atoms with Crippen molar-refractivity contribution in [3.8, 4) is 0 Å².